The molecule has 0 spiro atoms. The van der Waals surface area contributed by atoms with Crippen LogP contribution in [-0.2, 0) is 4.79 Å². The van der Waals surface area contributed by atoms with E-state index in [1.165, 1.54) is 49.8 Å². The molecule has 0 radical (unpaired) electrons. The molecule has 0 aromatic rings. The van der Waals surface area contributed by atoms with Crippen molar-refractivity contribution in [3.05, 3.63) is 11.1 Å². The molecule has 1 fully saturated rings. The average Bonchev–Trinajstić information content (AvgIpc) is 3.02. The van der Waals surface area contributed by atoms with Crippen LogP contribution in [0.5, 0.6) is 0 Å². The Bertz CT molecular complexity index is 607. The Kier molecular flexibility index (Phi) is 9.65. The van der Waals surface area contributed by atoms with Gasteiger partial charge in [-0.05, 0) is 13.3 Å². The van der Waals surface area contributed by atoms with Crippen LogP contribution in [0.15, 0.2) is 16.1 Å². The molecule has 2 aliphatic heterocycles. The topological polar surface area (TPSA) is 65.0 Å². The monoisotopic (exact) mass is 428 g/mol. The first-order chi connectivity index (χ1) is 13.5. The molecule has 28 heavy (non-hydrogen) atoms. The van der Waals surface area contributed by atoms with E-state index in [1.807, 2.05) is 17.9 Å². The molecule has 0 aliphatic carbocycles. The van der Waals surface area contributed by atoms with Crippen molar-refractivity contribution >= 4 is 40.5 Å². The minimum absolute atomic E-state index is 0.292. The number of halogens is 1. The molecule has 158 valence electrons. The Morgan fingerprint density at radius 1 is 1.18 bits per heavy atom. The highest BCUT2D eigenvalue weighted by Gasteiger charge is 2.48. The Morgan fingerprint density at radius 2 is 1.82 bits per heavy atom. The summed E-state index contributed by atoms with van der Waals surface area (Å²) < 4.78 is 0. The summed E-state index contributed by atoms with van der Waals surface area (Å²) in [6, 6.07) is -0.885. The predicted octanol–water partition coefficient (Wildman–Crippen LogP) is 4.55. The maximum atomic E-state index is 12.4. The molecule has 0 aromatic heterocycles. The fraction of sp³-hybridized carbons (Fsp3) is 0.750. The number of allylic oxidation sites excluding steroid dienone is 1. The molecular weight excluding hydrogens is 396 g/mol. The zero-order chi connectivity index (χ0) is 20.5. The summed E-state index contributed by atoms with van der Waals surface area (Å²) in [7, 11) is 1.68. The Hall–Kier alpha value is -1.21. The van der Waals surface area contributed by atoms with Gasteiger partial charge in [-0.2, -0.15) is 0 Å². The van der Waals surface area contributed by atoms with Gasteiger partial charge >= 0.3 is 6.03 Å². The second-order valence-corrected chi connectivity index (χ2v) is 9.10. The number of unbranched alkanes of at least 4 members (excludes halogenated alkanes) is 7. The normalized spacial score (nSPS) is 22.4. The largest absolute Gasteiger partial charge is 0.332 e. The van der Waals surface area contributed by atoms with Gasteiger partial charge in [-0.1, -0.05) is 81.3 Å². The summed E-state index contributed by atoms with van der Waals surface area (Å²) in [6.45, 7) is 4.56. The van der Waals surface area contributed by atoms with Crippen LogP contribution in [0.25, 0.3) is 0 Å². The average molecular weight is 429 g/mol. The van der Waals surface area contributed by atoms with Gasteiger partial charge in [0.25, 0.3) is 5.91 Å². The van der Waals surface area contributed by atoms with E-state index in [-0.39, 0.29) is 5.91 Å². The summed E-state index contributed by atoms with van der Waals surface area (Å²) in [4.78, 5) is 32.5. The summed E-state index contributed by atoms with van der Waals surface area (Å²) >= 11 is 7.67. The van der Waals surface area contributed by atoms with Crippen LogP contribution in [-0.4, -0.2) is 58.5 Å². The number of nitrogens with one attached hydrogen (secondary N) is 1. The quantitative estimate of drug-likeness (QED) is 0.490. The first kappa shape index (κ1) is 23.1. The van der Waals surface area contributed by atoms with E-state index >= 15 is 0 Å². The molecule has 0 bridgehead atoms. The number of likely N-dealkylation sites (N-methyl/N-ethyl adjacent to an activating group) is 1. The smallest absolute Gasteiger partial charge is 0.325 e. The van der Waals surface area contributed by atoms with Gasteiger partial charge in [-0.25, -0.2) is 9.79 Å². The molecule has 2 heterocycles. The molecule has 2 unspecified atom stereocenters. The lowest BCUT2D eigenvalue weighted by atomic mass is 10.1. The van der Waals surface area contributed by atoms with Crippen LogP contribution >= 0.6 is 23.4 Å². The molecule has 1 N–H and O–H groups in total. The van der Waals surface area contributed by atoms with Crippen molar-refractivity contribution < 1.29 is 9.59 Å². The summed E-state index contributed by atoms with van der Waals surface area (Å²) in [5.41, 5.74) is 0. The summed E-state index contributed by atoms with van der Waals surface area (Å²) in [5, 5.41) is 3.91. The van der Waals surface area contributed by atoms with Crippen LogP contribution in [0.1, 0.15) is 65.2 Å². The van der Waals surface area contributed by atoms with E-state index in [0.29, 0.717) is 11.6 Å². The number of amides is 3. The van der Waals surface area contributed by atoms with Gasteiger partial charge in [0.2, 0.25) is 0 Å². The zero-order valence-corrected chi connectivity index (χ0v) is 18.8. The Labute approximate surface area is 178 Å². The van der Waals surface area contributed by atoms with Crippen molar-refractivity contribution in [1.29, 1.82) is 0 Å². The van der Waals surface area contributed by atoms with Gasteiger partial charge in [0.05, 0.1) is 0 Å². The number of aliphatic imine (C=N–C) groups is 1. The van der Waals surface area contributed by atoms with Crippen LogP contribution in [0.3, 0.4) is 0 Å². The van der Waals surface area contributed by atoms with E-state index in [4.69, 9.17) is 16.6 Å². The first-order valence-corrected chi connectivity index (χ1v) is 11.7. The number of thioether (sulfide) groups is 1. The SMILES string of the molecule is CCCCCCCCCCSC1=NC2C(C(=O)NC(=O)N2C)N1C/C=C(/C)Cl. The second-order valence-electron chi connectivity index (χ2n) is 7.44. The molecule has 6 nitrogen and oxygen atoms in total. The third kappa shape index (κ3) is 6.41. The summed E-state index contributed by atoms with van der Waals surface area (Å²) in [5.74, 6) is 0.673. The predicted molar refractivity (Wildman–Crippen MR) is 118 cm³/mol. The van der Waals surface area contributed by atoms with E-state index in [0.717, 1.165) is 17.3 Å². The van der Waals surface area contributed by atoms with Crippen molar-refractivity contribution in [1.82, 2.24) is 15.1 Å². The lowest BCUT2D eigenvalue weighted by Gasteiger charge is -2.35. The zero-order valence-electron chi connectivity index (χ0n) is 17.2. The Morgan fingerprint density at radius 3 is 2.46 bits per heavy atom. The lowest BCUT2D eigenvalue weighted by Crippen LogP contribution is -2.63. The van der Waals surface area contributed by atoms with Crippen molar-refractivity contribution in [2.75, 3.05) is 19.3 Å². The van der Waals surface area contributed by atoms with Crippen LogP contribution in [0, 0.1) is 0 Å². The highest BCUT2D eigenvalue weighted by molar-refractivity contribution is 8.13. The van der Waals surface area contributed by atoms with Crippen LogP contribution in [0.2, 0.25) is 0 Å². The highest BCUT2D eigenvalue weighted by Crippen LogP contribution is 2.29. The molecule has 1 saturated heterocycles. The van der Waals surface area contributed by atoms with Gasteiger partial charge in [0, 0.05) is 24.4 Å². The van der Waals surface area contributed by atoms with Crippen molar-refractivity contribution in [3.63, 3.8) is 0 Å². The van der Waals surface area contributed by atoms with Crippen LogP contribution in [0.4, 0.5) is 4.79 Å². The third-order valence-electron chi connectivity index (χ3n) is 5.12. The molecule has 2 rings (SSSR count). The number of hydrogen-bond donors (Lipinski definition) is 1. The van der Waals surface area contributed by atoms with Crippen molar-refractivity contribution in [3.8, 4) is 0 Å². The van der Waals surface area contributed by atoms with Gasteiger partial charge in [0.1, 0.15) is 0 Å². The van der Waals surface area contributed by atoms with E-state index in [9.17, 15) is 9.59 Å². The van der Waals surface area contributed by atoms with Gasteiger partial charge in [-0.3, -0.25) is 10.1 Å². The molecule has 2 atom stereocenters. The number of hydrogen-bond acceptors (Lipinski definition) is 5. The number of carbonyl (C=O) groups is 2. The fourth-order valence-electron chi connectivity index (χ4n) is 3.44. The number of fused-ring (bicyclic) bond motifs is 1. The van der Waals surface area contributed by atoms with E-state index in [1.54, 1.807) is 18.8 Å². The third-order valence-corrected chi connectivity index (χ3v) is 6.37. The molecule has 2 aliphatic rings. The minimum Gasteiger partial charge on any atom is -0.332 e. The maximum absolute atomic E-state index is 12.4. The molecule has 8 heteroatoms. The fourth-order valence-corrected chi connectivity index (χ4v) is 4.57. The van der Waals surface area contributed by atoms with Crippen molar-refractivity contribution in [2.24, 2.45) is 4.99 Å². The minimum atomic E-state index is -0.490. The van der Waals surface area contributed by atoms with Crippen LogP contribution < -0.4 is 5.32 Å². The Balaban J connectivity index is 1.86. The van der Waals surface area contributed by atoms with E-state index in [2.05, 4.69) is 12.2 Å². The highest BCUT2D eigenvalue weighted by atomic mass is 35.5. The number of rotatable bonds is 11. The van der Waals surface area contributed by atoms with Crippen molar-refractivity contribution in [2.45, 2.75) is 77.4 Å². The molecule has 0 aromatic carbocycles. The molecule has 3 amide bonds. The van der Waals surface area contributed by atoms with E-state index < -0.39 is 18.2 Å². The van der Waals surface area contributed by atoms with Gasteiger partial charge in [0.15, 0.2) is 17.4 Å². The number of imide groups is 1. The maximum Gasteiger partial charge on any atom is 0.325 e. The second kappa shape index (κ2) is 11.7. The molecular formula is C20H33ClN4O2S. The van der Waals surface area contributed by atoms with Gasteiger partial charge in [-0.15, -0.1) is 0 Å². The first-order valence-electron chi connectivity index (χ1n) is 10.3. The molecule has 0 saturated carbocycles. The summed E-state index contributed by atoms with van der Waals surface area (Å²) in [6.07, 6.45) is 11.7. The standard InChI is InChI=1S/C20H33ClN4O2S/c1-4-5-6-7-8-9-10-11-14-28-20-22-17-16(25(20)13-12-15(2)21)18(26)23-19(27)24(17)3/h12,16-17H,4-11,13-14H2,1-3H3,(H,23,26,27)/b15-12-. The number of urea groups is 1. The lowest BCUT2D eigenvalue weighted by molar-refractivity contribution is -0.126. The number of amidine groups is 1. The number of carbonyl (C=O) groups excluding carboxylic acids is 2. The number of nitrogens with zero attached hydrogens (tertiary/aromatic N) is 3. The van der Waals surface area contributed by atoms with Gasteiger partial charge < -0.3 is 9.80 Å².